The van der Waals surface area contributed by atoms with Gasteiger partial charge in [-0.05, 0) is 49.2 Å². The fourth-order valence-electron chi connectivity index (χ4n) is 3.27. The third-order valence-corrected chi connectivity index (χ3v) is 4.67. The fourth-order valence-corrected chi connectivity index (χ4v) is 3.27. The third-order valence-electron chi connectivity index (χ3n) is 4.67. The number of rotatable bonds is 3. The van der Waals surface area contributed by atoms with E-state index in [9.17, 15) is 17.6 Å². The summed E-state index contributed by atoms with van der Waals surface area (Å²) in [4.78, 5) is 6.01. The van der Waals surface area contributed by atoms with Crippen molar-refractivity contribution in [2.75, 3.05) is 18.0 Å². The Morgan fingerprint density at radius 1 is 0.963 bits per heavy atom. The molecule has 140 valence electrons. The van der Waals surface area contributed by atoms with Gasteiger partial charge < -0.3 is 9.42 Å². The molecule has 0 N–H and O–H groups in total. The average molecular weight is 377 g/mol. The van der Waals surface area contributed by atoms with Crippen LogP contribution < -0.4 is 4.90 Å². The summed E-state index contributed by atoms with van der Waals surface area (Å²) in [5.41, 5.74) is 0.627. The zero-order chi connectivity index (χ0) is 19.0. The van der Waals surface area contributed by atoms with Crippen LogP contribution in [-0.2, 0) is 0 Å². The van der Waals surface area contributed by atoms with Crippen LogP contribution in [0.15, 0.2) is 40.9 Å². The molecule has 0 radical (unpaired) electrons. The van der Waals surface area contributed by atoms with E-state index in [4.69, 9.17) is 4.52 Å². The highest BCUT2D eigenvalue weighted by atomic mass is 19.2. The standard InChI is InChI=1S/C19H15F4N3O/c20-13-5-3-11(4-6-13)18-24-19(27-25-18)12-2-1-9-26(10-12)15-8-7-14(21)16(22)17(15)23/h3-8,12H,1-2,9-10H2/t12-/m0/s1. The van der Waals surface area contributed by atoms with E-state index in [1.54, 1.807) is 17.0 Å². The van der Waals surface area contributed by atoms with Gasteiger partial charge in [-0.3, -0.25) is 0 Å². The molecule has 1 fully saturated rings. The molecule has 2 heterocycles. The normalized spacial score (nSPS) is 17.3. The predicted molar refractivity (Wildman–Crippen MR) is 90.2 cm³/mol. The lowest BCUT2D eigenvalue weighted by Gasteiger charge is -2.33. The first-order valence-electron chi connectivity index (χ1n) is 8.51. The Balaban J connectivity index is 1.55. The van der Waals surface area contributed by atoms with Crippen LogP contribution in [0.4, 0.5) is 23.2 Å². The minimum Gasteiger partial charge on any atom is -0.368 e. The van der Waals surface area contributed by atoms with Crippen molar-refractivity contribution in [3.63, 3.8) is 0 Å². The van der Waals surface area contributed by atoms with Gasteiger partial charge in [0.05, 0.1) is 11.6 Å². The predicted octanol–water partition coefficient (Wildman–Crippen LogP) is 4.68. The van der Waals surface area contributed by atoms with Crippen molar-refractivity contribution in [1.82, 2.24) is 10.1 Å². The largest absolute Gasteiger partial charge is 0.368 e. The maximum Gasteiger partial charge on any atom is 0.231 e. The van der Waals surface area contributed by atoms with E-state index in [1.165, 1.54) is 18.2 Å². The van der Waals surface area contributed by atoms with E-state index < -0.39 is 17.5 Å². The quantitative estimate of drug-likeness (QED) is 0.491. The summed E-state index contributed by atoms with van der Waals surface area (Å²) in [7, 11) is 0. The van der Waals surface area contributed by atoms with Crippen LogP contribution >= 0.6 is 0 Å². The summed E-state index contributed by atoms with van der Waals surface area (Å²) in [6.07, 6.45) is 1.45. The summed E-state index contributed by atoms with van der Waals surface area (Å²) in [5.74, 6) is -3.72. The SMILES string of the molecule is Fc1ccc(-c2noc([C@H]3CCCN(c4ccc(F)c(F)c4F)C3)n2)cc1. The first kappa shape index (κ1) is 17.5. The smallest absolute Gasteiger partial charge is 0.231 e. The number of nitrogens with zero attached hydrogens (tertiary/aromatic N) is 3. The van der Waals surface area contributed by atoms with Crippen molar-refractivity contribution < 1.29 is 22.1 Å². The molecule has 0 bridgehead atoms. The molecule has 1 aliphatic rings. The van der Waals surface area contributed by atoms with Crippen molar-refractivity contribution in [3.8, 4) is 11.4 Å². The van der Waals surface area contributed by atoms with Crippen LogP contribution in [0.5, 0.6) is 0 Å². The van der Waals surface area contributed by atoms with Gasteiger partial charge in [0, 0.05) is 18.7 Å². The van der Waals surface area contributed by atoms with Gasteiger partial charge in [0.15, 0.2) is 17.5 Å². The molecule has 27 heavy (non-hydrogen) atoms. The van der Waals surface area contributed by atoms with Crippen molar-refractivity contribution >= 4 is 5.69 Å². The number of hydrogen-bond donors (Lipinski definition) is 0. The molecule has 0 amide bonds. The Hall–Kier alpha value is -2.90. The molecule has 8 heteroatoms. The Morgan fingerprint density at radius 2 is 1.74 bits per heavy atom. The van der Waals surface area contributed by atoms with Crippen LogP contribution in [0.1, 0.15) is 24.7 Å². The molecule has 2 aromatic carbocycles. The number of anilines is 1. The maximum atomic E-state index is 14.1. The number of hydrogen-bond acceptors (Lipinski definition) is 4. The molecule has 4 rings (SSSR count). The summed E-state index contributed by atoms with van der Waals surface area (Å²) in [6, 6.07) is 7.85. The third kappa shape index (κ3) is 3.39. The van der Waals surface area contributed by atoms with Crippen LogP contribution in [0, 0.1) is 23.3 Å². The molecular formula is C19H15F4N3O. The number of aromatic nitrogens is 2. The van der Waals surface area contributed by atoms with Crippen LogP contribution in [0.2, 0.25) is 0 Å². The van der Waals surface area contributed by atoms with Gasteiger partial charge in [-0.15, -0.1) is 0 Å². The lowest BCUT2D eigenvalue weighted by Crippen LogP contribution is -2.35. The molecule has 1 saturated heterocycles. The minimum atomic E-state index is -1.48. The van der Waals surface area contributed by atoms with E-state index in [0.29, 0.717) is 36.8 Å². The molecule has 0 unspecified atom stereocenters. The highest BCUT2D eigenvalue weighted by Gasteiger charge is 2.28. The van der Waals surface area contributed by atoms with Crippen molar-refractivity contribution in [2.45, 2.75) is 18.8 Å². The summed E-state index contributed by atoms with van der Waals surface area (Å²) in [6.45, 7) is 0.852. The molecular weight excluding hydrogens is 362 g/mol. The minimum absolute atomic E-state index is 0.0110. The molecule has 1 aliphatic heterocycles. The second-order valence-electron chi connectivity index (χ2n) is 6.44. The molecule has 4 nitrogen and oxygen atoms in total. The molecule has 0 spiro atoms. The summed E-state index contributed by atoms with van der Waals surface area (Å²) in [5, 5.41) is 3.92. The highest BCUT2D eigenvalue weighted by molar-refractivity contribution is 5.54. The van der Waals surface area contributed by atoms with Gasteiger partial charge in [0.25, 0.3) is 0 Å². The molecule has 1 aromatic heterocycles. The molecule has 0 saturated carbocycles. The van der Waals surface area contributed by atoms with Gasteiger partial charge >= 0.3 is 0 Å². The fraction of sp³-hybridized carbons (Fsp3) is 0.263. The van der Waals surface area contributed by atoms with E-state index in [0.717, 1.165) is 12.5 Å². The first-order chi connectivity index (χ1) is 13.0. The van der Waals surface area contributed by atoms with E-state index in [-0.39, 0.29) is 17.4 Å². The van der Waals surface area contributed by atoms with Crippen molar-refractivity contribution in [1.29, 1.82) is 0 Å². The summed E-state index contributed by atoms with van der Waals surface area (Å²) >= 11 is 0. The first-order valence-corrected chi connectivity index (χ1v) is 8.51. The number of benzene rings is 2. The van der Waals surface area contributed by atoms with Crippen LogP contribution in [0.25, 0.3) is 11.4 Å². The maximum absolute atomic E-state index is 14.1. The Kier molecular flexibility index (Phi) is 4.55. The topological polar surface area (TPSA) is 42.2 Å². The Bertz CT molecular complexity index is 958. The summed E-state index contributed by atoms with van der Waals surface area (Å²) < 4.78 is 59.2. The van der Waals surface area contributed by atoms with Crippen molar-refractivity contribution in [2.24, 2.45) is 0 Å². The van der Waals surface area contributed by atoms with E-state index in [2.05, 4.69) is 10.1 Å². The number of piperidine rings is 1. The van der Waals surface area contributed by atoms with Crippen LogP contribution in [-0.4, -0.2) is 23.2 Å². The second kappa shape index (κ2) is 7.02. The second-order valence-corrected chi connectivity index (χ2v) is 6.44. The molecule has 0 aliphatic carbocycles. The molecule has 3 aromatic rings. The zero-order valence-electron chi connectivity index (χ0n) is 14.1. The van der Waals surface area contributed by atoms with E-state index in [1.807, 2.05) is 0 Å². The van der Waals surface area contributed by atoms with Gasteiger partial charge in [0.1, 0.15) is 5.82 Å². The van der Waals surface area contributed by atoms with Gasteiger partial charge in [-0.2, -0.15) is 4.98 Å². The van der Waals surface area contributed by atoms with Gasteiger partial charge in [-0.25, -0.2) is 17.6 Å². The van der Waals surface area contributed by atoms with Crippen molar-refractivity contribution in [3.05, 3.63) is 65.6 Å². The van der Waals surface area contributed by atoms with Gasteiger partial charge in [0.2, 0.25) is 11.7 Å². The number of halogens is 4. The van der Waals surface area contributed by atoms with Gasteiger partial charge in [-0.1, -0.05) is 5.16 Å². The lowest BCUT2D eigenvalue weighted by molar-refractivity contribution is 0.332. The van der Waals surface area contributed by atoms with E-state index >= 15 is 0 Å². The molecule has 1 atom stereocenters. The zero-order valence-corrected chi connectivity index (χ0v) is 14.1. The lowest BCUT2D eigenvalue weighted by atomic mass is 9.97. The average Bonchev–Trinajstić information content (AvgIpc) is 3.17. The highest BCUT2D eigenvalue weighted by Crippen LogP contribution is 2.32. The monoisotopic (exact) mass is 377 g/mol. The Labute approximate surface area is 152 Å². The Morgan fingerprint density at radius 3 is 2.52 bits per heavy atom. The van der Waals surface area contributed by atoms with Crippen LogP contribution in [0.3, 0.4) is 0 Å².